The van der Waals surface area contributed by atoms with Crippen LogP contribution in [0.5, 0.6) is 0 Å². The van der Waals surface area contributed by atoms with E-state index < -0.39 is 15.7 Å². The average Bonchev–Trinajstić information content (AvgIpc) is 3.18. The van der Waals surface area contributed by atoms with E-state index in [2.05, 4.69) is 15.2 Å². The fourth-order valence-electron chi connectivity index (χ4n) is 5.40. The Bertz CT molecular complexity index is 1250. The van der Waals surface area contributed by atoms with E-state index in [9.17, 15) is 18.0 Å². The van der Waals surface area contributed by atoms with Crippen LogP contribution in [0.3, 0.4) is 0 Å². The predicted molar refractivity (Wildman–Crippen MR) is 151 cm³/mol. The summed E-state index contributed by atoms with van der Waals surface area (Å²) >= 11 is 6.04. The molecule has 0 bridgehead atoms. The number of sulfone groups is 1. The van der Waals surface area contributed by atoms with Gasteiger partial charge in [-0.2, -0.15) is 0 Å². The lowest BCUT2D eigenvalue weighted by molar-refractivity contribution is -0.133. The number of nitrogens with one attached hydrogen (secondary N) is 1. The van der Waals surface area contributed by atoms with Gasteiger partial charge < -0.3 is 15.1 Å². The van der Waals surface area contributed by atoms with Gasteiger partial charge >= 0.3 is 0 Å². The van der Waals surface area contributed by atoms with Crippen molar-refractivity contribution in [2.75, 3.05) is 36.6 Å². The molecule has 38 heavy (non-hydrogen) atoms. The first-order valence-corrected chi connectivity index (χ1v) is 15.7. The van der Waals surface area contributed by atoms with Gasteiger partial charge in [-0.15, -0.1) is 0 Å². The van der Waals surface area contributed by atoms with Gasteiger partial charge in [-0.25, -0.2) is 13.4 Å². The standard InChI is InChI=1S/C28H37ClN4O4S/c1-32(23-10-5-3-4-6-11-23)26(34)16-20-12-14-33(15-13-20)27-25(18-24(19-30-27)38(2,36)37)31-28(35)21-8-7-9-22(29)17-21/h7-9,17-20,23H,3-6,10-16H2,1-2H3,(H,31,35). The van der Waals surface area contributed by atoms with Crippen molar-refractivity contribution in [3.63, 3.8) is 0 Å². The minimum atomic E-state index is -3.52. The molecule has 0 unspecified atom stereocenters. The Morgan fingerprint density at radius 1 is 1.08 bits per heavy atom. The van der Waals surface area contributed by atoms with Crippen LogP contribution < -0.4 is 10.2 Å². The highest BCUT2D eigenvalue weighted by atomic mass is 35.5. The normalized spacial score (nSPS) is 17.6. The summed E-state index contributed by atoms with van der Waals surface area (Å²) in [7, 11) is -1.56. The average molecular weight is 561 g/mol. The van der Waals surface area contributed by atoms with Crippen LogP contribution in [0, 0.1) is 5.92 Å². The molecular formula is C28H37ClN4O4S. The van der Waals surface area contributed by atoms with Gasteiger partial charge in [0.2, 0.25) is 5.91 Å². The Kier molecular flexibility index (Phi) is 9.31. The van der Waals surface area contributed by atoms with Crippen LogP contribution in [-0.2, 0) is 14.6 Å². The Labute approximate surface area is 230 Å². The van der Waals surface area contributed by atoms with E-state index in [1.54, 1.807) is 24.3 Å². The Hall–Kier alpha value is -2.65. The van der Waals surface area contributed by atoms with E-state index in [1.165, 1.54) is 37.9 Å². The molecule has 1 aliphatic heterocycles. The third-order valence-corrected chi connectivity index (χ3v) is 9.06. The number of anilines is 2. The number of piperidine rings is 1. The van der Waals surface area contributed by atoms with Crippen molar-refractivity contribution < 1.29 is 18.0 Å². The molecule has 206 valence electrons. The number of hydrogen-bond donors (Lipinski definition) is 1. The minimum Gasteiger partial charge on any atom is -0.355 e. The summed E-state index contributed by atoms with van der Waals surface area (Å²) in [5.41, 5.74) is 0.698. The quantitative estimate of drug-likeness (QED) is 0.468. The van der Waals surface area contributed by atoms with E-state index >= 15 is 0 Å². The van der Waals surface area contributed by atoms with Crippen molar-refractivity contribution in [1.29, 1.82) is 0 Å². The van der Waals surface area contributed by atoms with Gasteiger partial charge in [0.05, 0.1) is 10.6 Å². The summed E-state index contributed by atoms with van der Waals surface area (Å²) in [6, 6.07) is 8.37. The van der Waals surface area contributed by atoms with Crippen molar-refractivity contribution in [2.45, 2.75) is 68.7 Å². The Balaban J connectivity index is 1.44. The summed E-state index contributed by atoms with van der Waals surface area (Å²) in [5, 5.41) is 3.27. The summed E-state index contributed by atoms with van der Waals surface area (Å²) in [4.78, 5) is 34.5. The van der Waals surface area contributed by atoms with Gasteiger partial charge in [0.15, 0.2) is 15.7 Å². The second kappa shape index (κ2) is 12.5. The topological polar surface area (TPSA) is 99.7 Å². The number of aromatic nitrogens is 1. The van der Waals surface area contributed by atoms with Crippen LogP contribution in [0.1, 0.15) is 68.1 Å². The van der Waals surface area contributed by atoms with E-state index in [-0.39, 0.29) is 16.7 Å². The summed E-state index contributed by atoms with van der Waals surface area (Å²) in [6.45, 7) is 1.33. The molecule has 2 aliphatic rings. The Morgan fingerprint density at radius 3 is 2.39 bits per heavy atom. The number of benzene rings is 1. The monoisotopic (exact) mass is 560 g/mol. The SMILES string of the molecule is CN(C(=O)CC1CCN(c2ncc(S(C)(=O)=O)cc2NC(=O)c2cccc(Cl)c2)CC1)C1CCCCCC1. The molecule has 1 aromatic heterocycles. The van der Waals surface area contributed by atoms with Crippen molar-refractivity contribution >= 4 is 44.8 Å². The summed E-state index contributed by atoms with van der Waals surface area (Å²) in [6.07, 6.45) is 11.7. The first kappa shape index (κ1) is 28.4. The largest absolute Gasteiger partial charge is 0.355 e. The molecular weight excluding hydrogens is 524 g/mol. The van der Waals surface area contributed by atoms with Crippen LogP contribution in [0.15, 0.2) is 41.4 Å². The lowest BCUT2D eigenvalue weighted by atomic mass is 9.92. The number of rotatable bonds is 7. The van der Waals surface area contributed by atoms with E-state index in [1.807, 2.05) is 11.9 Å². The highest BCUT2D eigenvalue weighted by Crippen LogP contribution is 2.32. The maximum atomic E-state index is 13.0. The predicted octanol–water partition coefficient (Wildman–Crippen LogP) is 5.18. The molecule has 2 aromatic rings. The molecule has 2 fully saturated rings. The van der Waals surface area contributed by atoms with Crippen LogP contribution in [0.4, 0.5) is 11.5 Å². The lowest BCUT2D eigenvalue weighted by Gasteiger charge is -2.35. The minimum absolute atomic E-state index is 0.0321. The van der Waals surface area contributed by atoms with Crippen molar-refractivity contribution in [1.82, 2.24) is 9.88 Å². The van der Waals surface area contributed by atoms with E-state index in [4.69, 9.17) is 11.6 Å². The van der Waals surface area contributed by atoms with E-state index in [0.717, 1.165) is 31.9 Å². The molecule has 1 N–H and O–H groups in total. The summed E-state index contributed by atoms with van der Waals surface area (Å²) in [5.74, 6) is 0.628. The van der Waals surface area contributed by atoms with Crippen LogP contribution in [0.2, 0.25) is 5.02 Å². The highest BCUT2D eigenvalue weighted by molar-refractivity contribution is 7.90. The maximum Gasteiger partial charge on any atom is 0.255 e. The van der Waals surface area contributed by atoms with Crippen LogP contribution >= 0.6 is 11.6 Å². The highest BCUT2D eigenvalue weighted by Gasteiger charge is 2.28. The van der Waals surface area contributed by atoms with Gasteiger partial charge in [0, 0.05) is 55.6 Å². The zero-order valence-corrected chi connectivity index (χ0v) is 23.7. The number of amides is 2. The Morgan fingerprint density at radius 2 is 1.76 bits per heavy atom. The molecule has 0 radical (unpaired) electrons. The smallest absolute Gasteiger partial charge is 0.255 e. The van der Waals surface area contributed by atoms with Crippen molar-refractivity contribution in [3.05, 3.63) is 47.1 Å². The lowest BCUT2D eigenvalue weighted by Crippen LogP contribution is -2.40. The number of carbonyl (C=O) groups excluding carboxylic acids is 2. The number of pyridine rings is 1. The molecule has 1 aromatic carbocycles. The van der Waals surface area contributed by atoms with Gasteiger partial charge in [-0.05, 0) is 55.9 Å². The fraction of sp³-hybridized carbons (Fsp3) is 0.536. The van der Waals surface area contributed by atoms with Crippen LogP contribution in [0.25, 0.3) is 0 Å². The number of hydrogen-bond acceptors (Lipinski definition) is 6. The third kappa shape index (κ3) is 7.26. The molecule has 1 aliphatic carbocycles. The van der Waals surface area contributed by atoms with Gasteiger partial charge in [-0.1, -0.05) is 43.4 Å². The van der Waals surface area contributed by atoms with Crippen LogP contribution in [-0.4, -0.2) is 62.6 Å². The molecule has 4 rings (SSSR count). The third-order valence-electron chi connectivity index (χ3n) is 7.75. The molecule has 1 saturated heterocycles. The van der Waals surface area contributed by atoms with Crippen molar-refractivity contribution in [3.8, 4) is 0 Å². The molecule has 10 heteroatoms. The molecule has 2 amide bonds. The maximum absolute atomic E-state index is 13.0. The van der Waals surface area contributed by atoms with Gasteiger partial charge in [0.1, 0.15) is 0 Å². The second-order valence-electron chi connectivity index (χ2n) is 10.6. The molecule has 2 heterocycles. The summed E-state index contributed by atoms with van der Waals surface area (Å²) < 4.78 is 24.4. The zero-order chi connectivity index (χ0) is 27.3. The van der Waals surface area contributed by atoms with Gasteiger partial charge in [-0.3, -0.25) is 9.59 Å². The first-order chi connectivity index (χ1) is 18.1. The molecule has 1 saturated carbocycles. The number of halogens is 1. The second-order valence-corrected chi connectivity index (χ2v) is 13.0. The van der Waals surface area contributed by atoms with Crippen molar-refractivity contribution in [2.24, 2.45) is 5.92 Å². The number of carbonyl (C=O) groups is 2. The zero-order valence-electron chi connectivity index (χ0n) is 22.2. The van der Waals surface area contributed by atoms with Gasteiger partial charge in [0.25, 0.3) is 5.91 Å². The van der Waals surface area contributed by atoms with E-state index in [0.29, 0.717) is 47.6 Å². The molecule has 8 nitrogen and oxygen atoms in total. The number of nitrogens with zero attached hydrogens (tertiary/aromatic N) is 3. The first-order valence-electron chi connectivity index (χ1n) is 13.4. The molecule has 0 atom stereocenters. The molecule has 0 spiro atoms. The fourth-order valence-corrected chi connectivity index (χ4v) is 6.16.